The average molecular weight is 281 g/mol. The lowest BCUT2D eigenvalue weighted by molar-refractivity contribution is 0.143. The molecular formula is C14H27N5O. The number of unbranched alkanes of at least 4 members (excludes halogenated alkanes) is 1. The number of nitrogens with zero attached hydrogens (tertiary/aromatic N) is 3. The van der Waals surface area contributed by atoms with E-state index in [-0.39, 0.29) is 0 Å². The number of hydrogen-bond acceptors (Lipinski definition) is 3. The minimum atomic E-state index is 0.799. The SMILES string of the molecule is CCOCCCCNC(=NC)NCCCn1cccn1. The largest absolute Gasteiger partial charge is 0.382 e. The van der Waals surface area contributed by atoms with Crippen LogP contribution < -0.4 is 10.6 Å². The molecule has 0 aliphatic heterocycles. The highest BCUT2D eigenvalue weighted by molar-refractivity contribution is 5.79. The lowest BCUT2D eigenvalue weighted by Gasteiger charge is -2.11. The summed E-state index contributed by atoms with van der Waals surface area (Å²) in [5.41, 5.74) is 0. The summed E-state index contributed by atoms with van der Waals surface area (Å²) in [4.78, 5) is 4.20. The first-order chi connectivity index (χ1) is 9.86. The van der Waals surface area contributed by atoms with E-state index in [1.807, 2.05) is 23.9 Å². The Labute approximate surface area is 121 Å². The van der Waals surface area contributed by atoms with Crippen LogP contribution in [0.4, 0.5) is 0 Å². The van der Waals surface area contributed by atoms with Crippen LogP contribution in [0.5, 0.6) is 0 Å². The normalized spacial score (nSPS) is 11.6. The molecule has 0 spiro atoms. The van der Waals surface area contributed by atoms with Crippen LogP contribution in [-0.2, 0) is 11.3 Å². The fraction of sp³-hybridized carbons (Fsp3) is 0.714. The van der Waals surface area contributed by atoms with Crippen molar-refractivity contribution in [1.29, 1.82) is 0 Å². The number of aryl methyl sites for hydroxylation is 1. The molecule has 0 atom stereocenters. The summed E-state index contributed by atoms with van der Waals surface area (Å²) in [5.74, 6) is 0.863. The highest BCUT2D eigenvalue weighted by atomic mass is 16.5. The van der Waals surface area contributed by atoms with Gasteiger partial charge in [0.15, 0.2) is 5.96 Å². The zero-order chi connectivity index (χ0) is 14.5. The number of rotatable bonds is 10. The van der Waals surface area contributed by atoms with Crippen molar-refractivity contribution in [2.45, 2.75) is 32.7 Å². The molecule has 114 valence electrons. The predicted octanol–water partition coefficient (Wildman–Crippen LogP) is 1.25. The maximum atomic E-state index is 5.30. The number of ether oxygens (including phenoxy) is 1. The second-order valence-corrected chi connectivity index (χ2v) is 4.45. The van der Waals surface area contributed by atoms with E-state index < -0.39 is 0 Å². The van der Waals surface area contributed by atoms with Crippen molar-refractivity contribution in [3.63, 3.8) is 0 Å². The van der Waals surface area contributed by atoms with E-state index in [0.717, 1.165) is 58.1 Å². The van der Waals surface area contributed by atoms with Crippen molar-refractivity contribution in [2.75, 3.05) is 33.4 Å². The third-order valence-corrected chi connectivity index (χ3v) is 2.85. The molecule has 0 unspecified atom stereocenters. The summed E-state index contributed by atoms with van der Waals surface area (Å²) in [5, 5.41) is 10.8. The molecule has 1 aromatic rings. The Morgan fingerprint density at radius 3 is 2.70 bits per heavy atom. The van der Waals surface area contributed by atoms with E-state index in [9.17, 15) is 0 Å². The van der Waals surface area contributed by atoms with Crippen molar-refractivity contribution in [2.24, 2.45) is 4.99 Å². The maximum absolute atomic E-state index is 5.30. The van der Waals surface area contributed by atoms with Crippen LogP contribution in [0.3, 0.4) is 0 Å². The van der Waals surface area contributed by atoms with Crippen molar-refractivity contribution in [3.8, 4) is 0 Å². The number of aromatic nitrogens is 2. The summed E-state index contributed by atoms with van der Waals surface area (Å²) in [6, 6.07) is 1.94. The molecule has 1 rings (SSSR count). The Bertz CT molecular complexity index is 350. The van der Waals surface area contributed by atoms with Crippen LogP contribution in [-0.4, -0.2) is 49.1 Å². The van der Waals surface area contributed by atoms with E-state index in [0.29, 0.717) is 0 Å². The van der Waals surface area contributed by atoms with E-state index in [4.69, 9.17) is 4.74 Å². The molecule has 0 aliphatic rings. The van der Waals surface area contributed by atoms with Gasteiger partial charge in [-0.2, -0.15) is 5.10 Å². The van der Waals surface area contributed by atoms with Crippen molar-refractivity contribution < 1.29 is 4.74 Å². The highest BCUT2D eigenvalue weighted by Gasteiger charge is 1.97. The molecule has 0 saturated heterocycles. The minimum absolute atomic E-state index is 0.799. The van der Waals surface area contributed by atoms with Crippen LogP contribution in [0, 0.1) is 0 Å². The van der Waals surface area contributed by atoms with Gasteiger partial charge in [0, 0.05) is 52.3 Å². The molecular weight excluding hydrogens is 254 g/mol. The van der Waals surface area contributed by atoms with Crippen LogP contribution in [0.15, 0.2) is 23.5 Å². The molecule has 1 heterocycles. The average Bonchev–Trinajstić information content (AvgIpc) is 2.98. The van der Waals surface area contributed by atoms with Crippen LogP contribution in [0.2, 0.25) is 0 Å². The zero-order valence-corrected chi connectivity index (χ0v) is 12.6. The summed E-state index contributed by atoms with van der Waals surface area (Å²) in [7, 11) is 1.79. The van der Waals surface area contributed by atoms with Gasteiger partial charge in [-0.25, -0.2) is 0 Å². The summed E-state index contributed by atoms with van der Waals surface area (Å²) >= 11 is 0. The monoisotopic (exact) mass is 281 g/mol. The Kier molecular flexibility index (Phi) is 9.30. The number of hydrogen-bond donors (Lipinski definition) is 2. The number of aliphatic imine (C=N–C) groups is 1. The lowest BCUT2D eigenvalue weighted by Crippen LogP contribution is -2.38. The van der Waals surface area contributed by atoms with Crippen LogP contribution >= 0.6 is 0 Å². The minimum Gasteiger partial charge on any atom is -0.382 e. The standard InChI is InChI=1S/C14H27N5O/c1-3-20-13-5-4-8-16-14(15-2)17-9-6-11-19-12-7-10-18-19/h7,10,12H,3-6,8-9,11,13H2,1-2H3,(H2,15,16,17). The van der Waals surface area contributed by atoms with Crippen LogP contribution in [0.1, 0.15) is 26.2 Å². The van der Waals surface area contributed by atoms with Gasteiger partial charge in [-0.05, 0) is 32.3 Å². The van der Waals surface area contributed by atoms with Gasteiger partial charge in [0.05, 0.1) is 0 Å². The van der Waals surface area contributed by atoms with E-state index in [1.54, 1.807) is 13.2 Å². The van der Waals surface area contributed by atoms with E-state index in [1.165, 1.54) is 0 Å². The van der Waals surface area contributed by atoms with Gasteiger partial charge < -0.3 is 15.4 Å². The first kappa shape index (κ1) is 16.5. The summed E-state index contributed by atoms with van der Waals surface area (Å²) < 4.78 is 7.24. The Morgan fingerprint density at radius 2 is 2.05 bits per heavy atom. The fourth-order valence-electron chi connectivity index (χ4n) is 1.78. The molecule has 6 nitrogen and oxygen atoms in total. The van der Waals surface area contributed by atoms with Gasteiger partial charge in [0.25, 0.3) is 0 Å². The van der Waals surface area contributed by atoms with Crippen molar-refractivity contribution in [3.05, 3.63) is 18.5 Å². The Balaban J connectivity index is 1.99. The Morgan fingerprint density at radius 1 is 1.25 bits per heavy atom. The molecule has 1 aromatic heterocycles. The second-order valence-electron chi connectivity index (χ2n) is 4.45. The van der Waals surface area contributed by atoms with Gasteiger partial charge in [0.2, 0.25) is 0 Å². The van der Waals surface area contributed by atoms with Crippen molar-refractivity contribution >= 4 is 5.96 Å². The molecule has 0 aromatic carbocycles. The second kappa shape index (κ2) is 11.3. The van der Waals surface area contributed by atoms with E-state index in [2.05, 4.69) is 20.7 Å². The summed E-state index contributed by atoms with van der Waals surface area (Å²) in [6.45, 7) is 6.39. The molecule has 2 N–H and O–H groups in total. The Hall–Kier alpha value is -1.56. The first-order valence-corrected chi connectivity index (χ1v) is 7.36. The topological polar surface area (TPSA) is 63.5 Å². The molecule has 0 saturated carbocycles. The fourth-order valence-corrected chi connectivity index (χ4v) is 1.78. The van der Waals surface area contributed by atoms with Gasteiger partial charge in [-0.1, -0.05) is 0 Å². The predicted molar refractivity (Wildman–Crippen MR) is 81.9 cm³/mol. The van der Waals surface area contributed by atoms with Gasteiger partial charge >= 0.3 is 0 Å². The van der Waals surface area contributed by atoms with Crippen molar-refractivity contribution in [1.82, 2.24) is 20.4 Å². The maximum Gasteiger partial charge on any atom is 0.190 e. The number of guanidine groups is 1. The number of nitrogens with one attached hydrogen (secondary N) is 2. The quantitative estimate of drug-likeness (QED) is 0.385. The third kappa shape index (κ3) is 7.78. The molecule has 0 fully saturated rings. The molecule has 0 amide bonds. The van der Waals surface area contributed by atoms with Gasteiger partial charge in [-0.3, -0.25) is 9.67 Å². The zero-order valence-electron chi connectivity index (χ0n) is 12.6. The first-order valence-electron chi connectivity index (χ1n) is 7.36. The molecule has 20 heavy (non-hydrogen) atoms. The van der Waals surface area contributed by atoms with Gasteiger partial charge in [-0.15, -0.1) is 0 Å². The highest BCUT2D eigenvalue weighted by Crippen LogP contribution is 1.89. The van der Waals surface area contributed by atoms with Gasteiger partial charge in [0.1, 0.15) is 0 Å². The molecule has 0 aliphatic carbocycles. The lowest BCUT2D eigenvalue weighted by atomic mass is 10.3. The van der Waals surface area contributed by atoms with E-state index >= 15 is 0 Å². The molecule has 0 bridgehead atoms. The molecule has 0 radical (unpaired) electrons. The smallest absolute Gasteiger partial charge is 0.190 e. The third-order valence-electron chi connectivity index (χ3n) is 2.85. The summed E-state index contributed by atoms with van der Waals surface area (Å²) in [6.07, 6.45) is 6.97. The molecule has 6 heteroatoms. The van der Waals surface area contributed by atoms with Crippen LogP contribution in [0.25, 0.3) is 0 Å².